The molecule has 1 amide bonds. The first-order valence-corrected chi connectivity index (χ1v) is 11.7. The van der Waals surface area contributed by atoms with Gasteiger partial charge in [-0.15, -0.1) is 10.2 Å². The van der Waals surface area contributed by atoms with Crippen LogP contribution in [0.2, 0.25) is 0 Å². The van der Waals surface area contributed by atoms with Crippen LogP contribution in [-0.2, 0) is 0 Å². The standard InChI is InChI=1S/C24H23FN6OS/c1-14-10-18(25)11-16-7-9-27-22(21(14)16)31(19-4-3-8-26-13-19)24(32)20-6-5-17(12-28-20)23-30-29-15(2)33-23/h5-7,9-12,19,26H,3-4,8,13H2,1-2H3/t19-/m1/s1. The lowest BCUT2D eigenvalue weighted by Gasteiger charge is -2.34. The second-order valence-electron chi connectivity index (χ2n) is 8.19. The topological polar surface area (TPSA) is 83.9 Å². The molecule has 4 aromatic rings. The Morgan fingerprint density at radius 2 is 2.06 bits per heavy atom. The van der Waals surface area contributed by atoms with Gasteiger partial charge in [-0.1, -0.05) is 11.3 Å². The summed E-state index contributed by atoms with van der Waals surface area (Å²) in [7, 11) is 0. The lowest BCUT2D eigenvalue weighted by molar-refractivity contribution is 0.0967. The van der Waals surface area contributed by atoms with Crippen LogP contribution in [0.3, 0.4) is 0 Å². The molecule has 1 aliphatic heterocycles. The van der Waals surface area contributed by atoms with Crippen molar-refractivity contribution in [2.24, 2.45) is 0 Å². The van der Waals surface area contributed by atoms with Crippen molar-refractivity contribution < 1.29 is 9.18 Å². The molecule has 3 aromatic heterocycles. The van der Waals surface area contributed by atoms with E-state index in [4.69, 9.17) is 0 Å². The quantitative estimate of drug-likeness (QED) is 0.487. The van der Waals surface area contributed by atoms with Gasteiger partial charge in [0.15, 0.2) is 0 Å². The summed E-state index contributed by atoms with van der Waals surface area (Å²) >= 11 is 1.48. The Bertz CT molecular complexity index is 1320. The molecule has 0 aliphatic carbocycles. The largest absolute Gasteiger partial charge is 0.315 e. The Kier molecular flexibility index (Phi) is 5.82. The number of rotatable bonds is 4. The van der Waals surface area contributed by atoms with Crippen molar-refractivity contribution in [1.82, 2.24) is 25.5 Å². The molecule has 1 atom stereocenters. The van der Waals surface area contributed by atoms with Gasteiger partial charge in [0.2, 0.25) is 0 Å². The highest BCUT2D eigenvalue weighted by Crippen LogP contribution is 2.32. The molecule has 1 fully saturated rings. The summed E-state index contributed by atoms with van der Waals surface area (Å²) in [6.45, 7) is 5.31. The monoisotopic (exact) mass is 462 g/mol. The minimum absolute atomic E-state index is 0.0823. The molecule has 1 aliphatic rings. The van der Waals surface area contributed by atoms with Crippen molar-refractivity contribution in [1.29, 1.82) is 0 Å². The van der Waals surface area contributed by atoms with Crippen molar-refractivity contribution in [3.8, 4) is 10.6 Å². The normalized spacial score (nSPS) is 16.2. The Labute approximate surface area is 194 Å². The van der Waals surface area contributed by atoms with E-state index in [1.807, 2.05) is 19.9 Å². The van der Waals surface area contributed by atoms with Crippen LogP contribution in [0.15, 0.2) is 42.7 Å². The molecule has 0 spiro atoms. The maximum absolute atomic E-state index is 14.1. The van der Waals surface area contributed by atoms with Crippen molar-refractivity contribution in [3.63, 3.8) is 0 Å². The number of nitrogens with one attached hydrogen (secondary N) is 1. The van der Waals surface area contributed by atoms with Crippen LogP contribution < -0.4 is 10.2 Å². The fourth-order valence-electron chi connectivity index (χ4n) is 4.31. The van der Waals surface area contributed by atoms with Gasteiger partial charge in [0.25, 0.3) is 5.91 Å². The van der Waals surface area contributed by atoms with E-state index in [1.54, 1.807) is 29.4 Å². The van der Waals surface area contributed by atoms with E-state index in [1.165, 1.54) is 23.5 Å². The number of carbonyl (C=O) groups excluding carboxylic acids is 1. The summed E-state index contributed by atoms with van der Waals surface area (Å²) in [5.41, 5.74) is 1.88. The Balaban J connectivity index is 1.58. The van der Waals surface area contributed by atoms with Gasteiger partial charge in [-0.25, -0.2) is 9.37 Å². The first-order valence-electron chi connectivity index (χ1n) is 10.9. The Morgan fingerprint density at radius 1 is 1.18 bits per heavy atom. The fourth-order valence-corrected chi connectivity index (χ4v) is 5.00. The highest BCUT2D eigenvalue weighted by atomic mass is 32.1. The van der Waals surface area contributed by atoms with Crippen LogP contribution in [0.1, 0.15) is 33.9 Å². The van der Waals surface area contributed by atoms with Crippen molar-refractivity contribution in [3.05, 3.63) is 64.8 Å². The van der Waals surface area contributed by atoms with Crippen LogP contribution in [0.5, 0.6) is 0 Å². The van der Waals surface area contributed by atoms with Gasteiger partial charge < -0.3 is 5.32 Å². The number of anilines is 1. The van der Waals surface area contributed by atoms with E-state index in [-0.39, 0.29) is 17.8 Å². The lowest BCUT2D eigenvalue weighted by atomic mass is 10.0. The van der Waals surface area contributed by atoms with Gasteiger partial charge in [-0.05, 0) is 74.5 Å². The van der Waals surface area contributed by atoms with E-state index in [0.717, 1.165) is 45.9 Å². The molecular weight excluding hydrogens is 439 g/mol. The number of pyridine rings is 2. The molecule has 1 N–H and O–H groups in total. The molecule has 0 saturated carbocycles. The number of aryl methyl sites for hydroxylation is 2. The molecule has 7 nitrogen and oxygen atoms in total. The van der Waals surface area contributed by atoms with Crippen LogP contribution in [-0.4, -0.2) is 45.2 Å². The van der Waals surface area contributed by atoms with Crippen LogP contribution in [0.4, 0.5) is 10.2 Å². The molecular formula is C24H23FN6OS. The summed E-state index contributed by atoms with van der Waals surface area (Å²) in [6.07, 6.45) is 5.08. The van der Waals surface area contributed by atoms with Crippen LogP contribution in [0.25, 0.3) is 21.3 Å². The smallest absolute Gasteiger partial charge is 0.278 e. The second kappa shape index (κ2) is 8.92. The van der Waals surface area contributed by atoms with Gasteiger partial charge in [0, 0.05) is 29.9 Å². The van der Waals surface area contributed by atoms with E-state index >= 15 is 0 Å². The molecule has 0 bridgehead atoms. The zero-order chi connectivity index (χ0) is 22.9. The predicted molar refractivity (Wildman–Crippen MR) is 127 cm³/mol. The molecule has 9 heteroatoms. The molecule has 1 saturated heterocycles. The SMILES string of the molecule is Cc1nnc(-c2ccc(C(=O)N(c3nccc4cc(F)cc(C)c34)[C@@H]3CCCNC3)nc2)s1. The summed E-state index contributed by atoms with van der Waals surface area (Å²) in [5, 5.41) is 14.7. The first-order chi connectivity index (χ1) is 16.0. The number of benzene rings is 1. The molecule has 0 radical (unpaired) electrons. The second-order valence-corrected chi connectivity index (χ2v) is 9.37. The minimum atomic E-state index is -0.307. The maximum atomic E-state index is 14.1. The highest BCUT2D eigenvalue weighted by Gasteiger charge is 2.31. The van der Waals surface area contributed by atoms with E-state index in [9.17, 15) is 9.18 Å². The summed E-state index contributed by atoms with van der Waals surface area (Å²) in [6, 6.07) is 8.21. The van der Waals surface area contributed by atoms with E-state index < -0.39 is 0 Å². The summed E-state index contributed by atoms with van der Waals surface area (Å²) < 4.78 is 14.1. The van der Waals surface area contributed by atoms with Gasteiger partial charge in [-0.3, -0.25) is 14.7 Å². The summed E-state index contributed by atoms with van der Waals surface area (Å²) in [5.74, 6) is 0.000252. The summed E-state index contributed by atoms with van der Waals surface area (Å²) in [4.78, 5) is 24.6. The highest BCUT2D eigenvalue weighted by molar-refractivity contribution is 7.14. The molecule has 168 valence electrons. The Morgan fingerprint density at radius 3 is 2.76 bits per heavy atom. The molecule has 5 rings (SSSR count). The average molecular weight is 463 g/mol. The average Bonchev–Trinajstić information content (AvgIpc) is 3.26. The third kappa shape index (κ3) is 4.21. The van der Waals surface area contributed by atoms with E-state index in [2.05, 4.69) is 25.5 Å². The zero-order valence-corrected chi connectivity index (χ0v) is 19.2. The van der Waals surface area contributed by atoms with Gasteiger partial charge in [-0.2, -0.15) is 0 Å². The molecule has 33 heavy (non-hydrogen) atoms. The van der Waals surface area contributed by atoms with Gasteiger partial charge >= 0.3 is 0 Å². The number of halogens is 1. The van der Waals surface area contributed by atoms with Crippen LogP contribution >= 0.6 is 11.3 Å². The van der Waals surface area contributed by atoms with Crippen molar-refractivity contribution >= 4 is 33.8 Å². The third-order valence-electron chi connectivity index (χ3n) is 5.84. The van der Waals surface area contributed by atoms with Gasteiger partial charge in [0.1, 0.15) is 27.3 Å². The molecule has 1 aromatic carbocycles. The number of nitrogens with zero attached hydrogens (tertiary/aromatic N) is 5. The molecule has 0 unspecified atom stereocenters. The van der Waals surface area contributed by atoms with Gasteiger partial charge in [0.05, 0.1) is 6.04 Å². The number of carbonyl (C=O) groups is 1. The number of piperidine rings is 1. The zero-order valence-electron chi connectivity index (χ0n) is 18.4. The number of hydrogen-bond donors (Lipinski definition) is 1. The molecule has 4 heterocycles. The number of hydrogen-bond acceptors (Lipinski definition) is 7. The van der Waals surface area contributed by atoms with Crippen LogP contribution in [0, 0.1) is 19.7 Å². The number of amides is 1. The fraction of sp³-hybridized carbons (Fsp3) is 0.292. The predicted octanol–water partition coefficient (Wildman–Crippen LogP) is 4.30. The minimum Gasteiger partial charge on any atom is -0.315 e. The number of fused-ring (bicyclic) bond motifs is 1. The Hall–Kier alpha value is -3.30. The maximum Gasteiger partial charge on any atom is 0.278 e. The number of aromatic nitrogens is 4. The van der Waals surface area contributed by atoms with Crippen molar-refractivity contribution in [2.75, 3.05) is 18.0 Å². The van der Waals surface area contributed by atoms with E-state index in [0.29, 0.717) is 23.4 Å². The first kappa shape index (κ1) is 21.5. The van der Waals surface area contributed by atoms with Crippen molar-refractivity contribution in [2.45, 2.75) is 32.7 Å². The third-order valence-corrected chi connectivity index (χ3v) is 6.73. The lowest BCUT2D eigenvalue weighted by Crippen LogP contribution is -2.49.